The summed E-state index contributed by atoms with van der Waals surface area (Å²) in [4.78, 5) is 32.5. The third kappa shape index (κ3) is 2.42. The Balaban J connectivity index is 1.85. The van der Waals surface area contributed by atoms with Crippen molar-refractivity contribution in [2.75, 3.05) is 4.90 Å². The average molecular weight is 409 g/mol. The number of nitrogens with zero attached hydrogens (tertiary/aromatic N) is 2. The van der Waals surface area contributed by atoms with Crippen LogP contribution in [0, 0.1) is 6.92 Å². The van der Waals surface area contributed by atoms with Crippen LogP contribution in [0.15, 0.2) is 63.3 Å². The molecule has 3 heterocycles. The summed E-state index contributed by atoms with van der Waals surface area (Å²) in [7, 11) is 0. The van der Waals surface area contributed by atoms with Crippen LogP contribution >= 0.6 is 22.9 Å². The van der Waals surface area contributed by atoms with Gasteiger partial charge in [-0.05, 0) is 30.2 Å². The summed E-state index contributed by atoms with van der Waals surface area (Å²) < 4.78 is 5.94. The average Bonchev–Trinajstić information content (AvgIpc) is 3.31. The molecule has 1 atom stereocenters. The Labute approximate surface area is 168 Å². The molecule has 0 saturated carbocycles. The van der Waals surface area contributed by atoms with Crippen molar-refractivity contribution < 1.29 is 9.21 Å². The van der Waals surface area contributed by atoms with Gasteiger partial charge >= 0.3 is 0 Å². The molecular formula is C21H13ClN2O3S. The lowest BCUT2D eigenvalue weighted by molar-refractivity contribution is 0.0971. The van der Waals surface area contributed by atoms with Crippen LogP contribution in [0.4, 0.5) is 5.13 Å². The third-order valence-corrected chi connectivity index (χ3v) is 6.07. The van der Waals surface area contributed by atoms with E-state index >= 15 is 0 Å². The molecule has 0 saturated heterocycles. The minimum atomic E-state index is -0.601. The highest BCUT2D eigenvalue weighted by molar-refractivity contribution is 7.13. The fourth-order valence-electron chi connectivity index (χ4n) is 3.58. The lowest BCUT2D eigenvalue weighted by Gasteiger charge is -2.22. The number of carbonyl (C=O) groups is 1. The minimum absolute atomic E-state index is 0.0586. The second-order valence-corrected chi connectivity index (χ2v) is 7.85. The largest absolute Gasteiger partial charge is 0.450 e. The van der Waals surface area contributed by atoms with Gasteiger partial charge in [-0.25, -0.2) is 4.98 Å². The molecule has 1 aliphatic rings. The maximum absolute atomic E-state index is 13.4. The molecular weight excluding hydrogens is 396 g/mol. The molecule has 0 aliphatic carbocycles. The van der Waals surface area contributed by atoms with Crippen LogP contribution in [0.25, 0.3) is 11.0 Å². The summed E-state index contributed by atoms with van der Waals surface area (Å²) in [6, 6.07) is 12.1. The molecule has 1 aliphatic heterocycles. The highest BCUT2D eigenvalue weighted by atomic mass is 35.5. The topological polar surface area (TPSA) is 63.4 Å². The number of amides is 1. The van der Waals surface area contributed by atoms with Crippen LogP contribution in [-0.4, -0.2) is 10.9 Å². The number of anilines is 1. The van der Waals surface area contributed by atoms with E-state index < -0.39 is 6.04 Å². The molecule has 0 radical (unpaired) electrons. The van der Waals surface area contributed by atoms with Crippen LogP contribution in [0.1, 0.15) is 33.3 Å². The molecule has 0 unspecified atom stereocenters. The van der Waals surface area contributed by atoms with Gasteiger partial charge in [0, 0.05) is 16.6 Å². The van der Waals surface area contributed by atoms with Crippen molar-refractivity contribution in [2.45, 2.75) is 13.0 Å². The standard InChI is InChI=1S/C21H13ClN2O3S/c1-11-9-15-13(10-14(11)22)18(25)16-17(12-5-3-2-4-6-12)24(20(26)19(16)27-15)21-23-7-8-28-21/h2-10,17H,1H3/t17-/m1/s1. The first-order valence-electron chi connectivity index (χ1n) is 8.61. The first-order valence-corrected chi connectivity index (χ1v) is 9.87. The molecule has 0 spiro atoms. The van der Waals surface area contributed by atoms with Crippen LogP contribution in [0.3, 0.4) is 0 Å². The SMILES string of the molecule is Cc1cc2oc3c(c(=O)c2cc1Cl)[C@@H](c1ccccc1)N(c1nccs1)C3=O. The van der Waals surface area contributed by atoms with Crippen LogP contribution in [0.2, 0.25) is 5.02 Å². The summed E-state index contributed by atoms with van der Waals surface area (Å²) in [6.07, 6.45) is 1.63. The molecule has 5 nitrogen and oxygen atoms in total. The summed E-state index contributed by atoms with van der Waals surface area (Å²) in [6.45, 7) is 1.82. The number of halogens is 1. The molecule has 2 aromatic carbocycles. The molecule has 4 aromatic rings. The summed E-state index contributed by atoms with van der Waals surface area (Å²) >= 11 is 7.57. The molecule has 0 N–H and O–H groups in total. The number of fused-ring (bicyclic) bond motifs is 2. The lowest BCUT2D eigenvalue weighted by atomic mass is 9.98. The van der Waals surface area contributed by atoms with Gasteiger partial charge < -0.3 is 4.42 Å². The normalized spacial score (nSPS) is 16.0. The number of rotatable bonds is 2. The van der Waals surface area contributed by atoms with Gasteiger partial charge in [-0.15, -0.1) is 11.3 Å². The number of thiazole rings is 1. The Hall–Kier alpha value is -2.96. The smallest absolute Gasteiger partial charge is 0.297 e. The molecule has 0 fully saturated rings. The fraction of sp³-hybridized carbons (Fsp3) is 0.0952. The van der Waals surface area contributed by atoms with E-state index in [4.69, 9.17) is 16.0 Å². The number of aryl methyl sites for hydroxylation is 1. The number of hydrogen-bond acceptors (Lipinski definition) is 5. The van der Waals surface area contributed by atoms with E-state index in [1.807, 2.05) is 37.3 Å². The van der Waals surface area contributed by atoms with Crippen LogP contribution < -0.4 is 10.3 Å². The van der Waals surface area contributed by atoms with Gasteiger partial charge in [0.2, 0.25) is 5.76 Å². The van der Waals surface area contributed by atoms with E-state index in [1.54, 1.807) is 23.7 Å². The molecule has 5 rings (SSSR count). The summed E-state index contributed by atoms with van der Waals surface area (Å²) in [5, 5.41) is 3.16. The van der Waals surface area contributed by atoms with E-state index in [0.29, 0.717) is 26.7 Å². The van der Waals surface area contributed by atoms with E-state index in [9.17, 15) is 9.59 Å². The van der Waals surface area contributed by atoms with Gasteiger partial charge in [0.15, 0.2) is 10.6 Å². The Morgan fingerprint density at radius 2 is 1.96 bits per heavy atom. The van der Waals surface area contributed by atoms with Crippen molar-refractivity contribution >= 4 is 44.9 Å². The van der Waals surface area contributed by atoms with Gasteiger partial charge in [0.1, 0.15) is 5.58 Å². The van der Waals surface area contributed by atoms with Crippen molar-refractivity contribution in [1.29, 1.82) is 0 Å². The minimum Gasteiger partial charge on any atom is -0.450 e. The Bertz CT molecular complexity index is 1280. The predicted octanol–water partition coefficient (Wildman–Crippen LogP) is 4.96. The molecule has 7 heteroatoms. The van der Waals surface area contributed by atoms with Gasteiger partial charge in [0.05, 0.1) is 17.0 Å². The van der Waals surface area contributed by atoms with E-state index in [-0.39, 0.29) is 17.1 Å². The quantitative estimate of drug-likeness (QED) is 0.470. The van der Waals surface area contributed by atoms with Crippen LogP contribution in [-0.2, 0) is 0 Å². The first kappa shape index (κ1) is 17.2. The highest BCUT2D eigenvalue weighted by Crippen LogP contribution is 2.41. The first-order chi connectivity index (χ1) is 13.6. The predicted molar refractivity (Wildman–Crippen MR) is 109 cm³/mol. The summed E-state index contributed by atoms with van der Waals surface area (Å²) in [5.74, 6) is -0.311. The Morgan fingerprint density at radius 1 is 1.18 bits per heavy atom. The number of aromatic nitrogens is 1. The fourth-order valence-corrected chi connectivity index (χ4v) is 4.41. The van der Waals surface area contributed by atoms with Crippen molar-refractivity contribution in [3.05, 3.63) is 91.7 Å². The lowest BCUT2D eigenvalue weighted by Crippen LogP contribution is -2.29. The zero-order chi connectivity index (χ0) is 19.4. The molecule has 1 amide bonds. The van der Waals surface area contributed by atoms with E-state index in [0.717, 1.165) is 11.1 Å². The Kier molecular flexibility index (Phi) is 3.86. The highest BCUT2D eigenvalue weighted by Gasteiger charge is 2.44. The third-order valence-electron chi connectivity index (χ3n) is 4.89. The van der Waals surface area contributed by atoms with Gasteiger partial charge in [-0.3, -0.25) is 14.5 Å². The maximum atomic E-state index is 13.4. The van der Waals surface area contributed by atoms with Gasteiger partial charge in [-0.1, -0.05) is 41.9 Å². The Morgan fingerprint density at radius 3 is 2.68 bits per heavy atom. The van der Waals surface area contributed by atoms with Crippen molar-refractivity contribution in [1.82, 2.24) is 4.98 Å². The van der Waals surface area contributed by atoms with Crippen molar-refractivity contribution in [2.24, 2.45) is 0 Å². The van der Waals surface area contributed by atoms with Crippen molar-refractivity contribution in [3.63, 3.8) is 0 Å². The monoisotopic (exact) mass is 408 g/mol. The number of hydrogen-bond donors (Lipinski definition) is 0. The van der Waals surface area contributed by atoms with Crippen LogP contribution in [0.5, 0.6) is 0 Å². The van der Waals surface area contributed by atoms with Crippen molar-refractivity contribution in [3.8, 4) is 0 Å². The van der Waals surface area contributed by atoms with Gasteiger partial charge in [0.25, 0.3) is 5.91 Å². The van der Waals surface area contributed by atoms with E-state index in [1.165, 1.54) is 16.2 Å². The van der Waals surface area contributed by atoms with E-state index in [2.05, 4.69) is 4.98 Å². The number of benzene rings is 2. The summed E-state index contributed by atoms with van der Waals surface area (Å²) in [5.41, 5.74) is 2.01. The molecule has 0 bridgehead atoms. The second kappa shape index (κ2) is 6.29. The maximum Gasteiger partial charge on any atom is 0.297 e. The molecule has 138 valence electrons. The zero-order valence-corrected chi connectivity index (χ0v) is 16.3. The number of carbonyl (C=O) groups excluding carboxylic acids is 1. The molecule has 28 heavy (non-hydrogen) atoms. The van der Waals surface area contributed by atoms with Gasteiger partial charge in [-0.2, -0.15) is 0 Å². The zero-order valence-electron chi connectivity index (χ0n) is 14.7. The molecule has 2 aromatic heterocycles. The second-order valence-electron chi connectivity index (χ2n) is 6.57.